The summed E-state index contributed by atoms with van der Waals surface area (Å²) in [5.41, 5.74) is 1.87. The maximum atomic E-state index is 10.0. The number of rotatable bonds is 3. The lowest BCUT2D eigenvalue weighted by molar-refractivity contribution is -0.232. The summed E-state index contributed by atoms with van der Waals surface area (Å²) in [6.07, 6.45) is 4.80. The van der Waals surface area contributed by atoms with Crippen LogP contribution >= 0.6 is 15.9 Å². The van der Waals surface area contributed by atoms with E-state index in [1.165, 1.54) is 0 Å². The number of aliphatic hydroxyl groups is 1. The minimum Gasteiger partial charge on any atom is -0.356 e. The van der Waals surface area contributed by atoms with Gasteiger partial charge in [0, 0.05) is 30.0 Å². The van der Waals surface area contributed by atoms with Crippen molar-refractivity contribution in [2.24, 2.45) is 0 Å². The second-order valence-electron chi connectivity index (χ2n) is 5.61. The topological polar surface area (TPSA) is 45.6 Å². The molecule has 0 fully saturated rings. The maximum Gasteiger partial charge on any atom is 0.217 e. The molecular weight excluding hydrogens is 308 g/mol. The number of hydrogen-bond acceptors (Lipinski definition) is 4. The summed E-state index contributed by atoms with van der Waals surface area (Å²) in [6.45, 7) is 7.13. The van der Waals surface area contributed by atoms with E-state index in [2.05, 4.69) is 27.0 Å². The van der Waals surface area contributed by atoms with Crippen molar-refractivity contribution in [2.45, 2.75) is 32.8 Å². The van der Waals surface area contributed by atoms with Gasteiger partial charge in [0.25, 0.3) is 0 Å². The number of ether oxygens (including phenoxy) is 1. The second-order valence-corrected chi connectivity index (χ2v) is 6.52. The quantitative estimate of drug-likeness (QED) is 0.867. The lowest BCUT2D eigenvalue weighted by Crippen LogP contribution is -2.40. The van der Waals surface area contributed by atoms with E-state index in [0.29, 0.717) is 13.1 Å². The molecule has 2 heterocycles. The molecule has 0 saturated heterocycles. The summed E-state index contributed by atoms with van der Waals surface area (Å²) < 4.78 is 6.51. The molecule has 1 aliphatic heterocycles. The van der Waals surface area contributed by atoms with Gasteiger partial charge in [-0.05, 0) is 53.9 Å². The van der Waals surface area contributed by atoms with E-state index in [-0.39, 0.29) is 5.60 Å². The van der Waals surface area contributed by atoms with Crippen LogP contribution in [0.4, 0.5) is 0 Å². The van der Waals surface area contributed by atoms with Gasteiger partial charge in [-0.2, -0.15) is 0 Å². The van der Waals surface area contributed by atoms with Gasteiger partial charge in [-0.3, -0.25) is 4.98 Å². The van der Waals surface area contributed by atoms with Crippen molar-refractivity contribution in [1.82, 2.24) is 9.88 Å². The highest BCUT2D eigenvalue weighted by molar-refractivity contribution is 9.10. The van der Waals surface area contributed by atoms with E-state index in [4.69, 9.17) is 4.74 Å². The third-order valence-corrected chi connectivity index (χ3v) is 3.23. The standard InChI is InChI=1S/C14H19BrN2O2/c1-14(2,3)19-13(18)17-5-4-10(9-17)11-6-12(15)8-16-7-11/h4,6-8,13,18H,5,9H2,1-3H3. The van der Waals surface area contributed by atoms with Crippen LogP contribution in [0.1, 0.15) is 26.3 Å². The third kappa shape index (κ3) is 4.11. The molecule has 0 aliphatic carbocycles. The molecule has 0 amide bonds. The van der Waals surface area contributed by atoms with Crippen molar-refractivity contribution in [2.75, 3.05) is 13.1 Å². The summed E-state index contributed by atoms with van der Waals surface area (Å²) in [5, 5.41) is 10.0. The van der Waals surface area contributed by atoms with E-state index in [9.17, 15) is 5.11 Å². The lowest BCUT2D eigenvalue weighted by Gasteiger charge is -2.29. The zero-order chi connectivity index (χ0) is 14.0. The molecular formula is C14H19BrN2O2. The van der Waals surface area contributed by atoms with Crippen LogP contribution in [0.5, 0.6) is 0 Å². The Labute approximate surface area is 122 Å². The Morgan fingerprint density at radius 1 is 1.42 bits per heavy atom. The minimum atomic E-state index is -0.881. The fourth-order valence-corrected chi connectivity index (χ4v) is 2.30. The molecule has 2 rings (SSSR count). The van der Waals surface area contributed by atoms with Gasteiger partial charge in [-0.15, -0.1) is 0 Å². The van der Waals surface area contributed by atoms with Gasteiger partial charge < -0.3 is 9.84 Å². The highest BCUT2D eigenvalue weighted by Crippen LogP contribution is 2.24. The zero-order valence-corrected chi connectivity index (χ0v) is 13.0. The first-order chi connectivity index (χ1) is 8.85. The fraction of sp³-hybridized carbons (Fsp3) is 0.500. The average molecular weight is 327 g/mol. The Hall–Kier alpha value is -0.750. The number of aromatic nitrogens is 1. The summed E-state index contributed by atoms with van der Waals surface area (Å²) in [6, 6.07) is 2.03. The van der Waals surface area contributed by atoms with Gasteiger partial charge in [-0.1, -0.05) is 6.08 Å². The van der Waals surface area contributed by atoms with Gasteiger partial charge in [0.2, 0.25) is 6.41 Å². The van der Waals surface area contributed by atoms with Gasteiger partial charge in [0.05, 0.1) is 5.60 Å². The van der Waals surface area contributed by atoms with E-state index < -0.39 is 6.41 Å². The van der Waals surface area contributed by atoms with Crippen molar-refractivity contribution in [3.05, 3.63) is 34.6 Å². The predicted octanol–water partition coefficient (Wildman–Crippen LogP) is 2.63. The summed E-state index contributed by atoms with van der Waals surface area (Å²) in [4.78, 5) is 6.03. The zero-order valence-electron chi connectivity index (χ0n) is 11.4. The van der Waals surface area contributed by atoms with Gasteiger partial charge in [0.15, 0.2) is 0 Å². The Kier molecular flexibility index (Phi) is 4.40. The Morgan fingerprint density at radius 3 is 2.79 bits per heavy atom. The lowest BCUT2D eigenvalue weighted by atomic mass is 10.1. The van der Waals surface area contributed by atoms with Crippen molar-refractivity contribution in [1.29, 1.82) is 0 Å². The summed E-state index contributed by atoms with van der Waals surface area (Å²) in [7, 11) is 0. The van der Waals surface area contributed by atoms with E-state index >= 15 is 0 Å². The van der Waals surface area contributed by atoms with Crippen LogP contribution in [0, 0.1) is 0 Å². The smallest absolute Gasteiger partial charge is 0.217 e. The van der Waals surface area contributed by atoms with Gasteiger partial charge in [-0.25, -0.2) is 4.90 Å². The second kappa shape index (κ2) is 5.71. The molecule has 1 aromatic heterocycles. The Balaban J connectivity index is 1.99. The summed E-state index contributed by atoms with van der Waals surface area (Å²) >= 11 is 3.42. The predicted molar refractivity (Wildman–Crippen MR) is 78.3 cm³/mol. The third-order valence-electron chi connectivity index (χ3n) is 2.79. The molecule has 1 atom stereocenters. The highest BCUT2D eigenvalue weighted by Gasteiger charge is 2.26. The van der Waals surface area contributed by atoms with Crippen LogP contribution < -0.4 is 0 Å². The van der Waals surface area contributed by atoms with E-state index in [1.807, 2.05) is 37.9 Å². The van der Waals surface area contributed by atoms with Gasteiger partial charge >= 0.3 is 0 Å². The van der Waals surface area contributed by atoms with Crippen LogP contribution in [0.2, 0.25) is 0 Å². The first-order valence-electron chi connectivity index (χ1n) is 6.25. The van der Waals surface area contributed by atoms with Crippen LogP contribution in [-0.2, 0) is 4.74 Å². The van der Waals surface area contributed by atoms with Crippen LogP contribution in [-0.4, -0.2) is 40.1 Å². The van der Waals surface area contributed by atoms with E-state index in [1.54, 1.807) is 6.20 Å². The molecule has 0 spiro atoms. The first kappa shape index (κ1) is 14.7. The molecule has 1 unspecified atom stereocenters. The maximum absolute atomic E-state index is 10.0. The molecule has 0 aromatic carbocycles. The summed E-state index contributed by atoms with van der Waals surface area (Å²) in [5.74, 6) is 0. The molecule has 5 heteroatoms. The number of nitrogens with zero attached hydrogens (tertiary/aromatic N) is 2. The Morgan fingerprint density at radius 2 is 2.16 bits per heavy atom. The van der Waals surface area contributed by atoms with Crippen molar-refractivity contribution in [3.63, 3.8) is 0 Å². The van der Waals surface area contributed by atoms with Crippen molar-refractivity contribution < 1.29 is 9.84 Å². The normalized spacial score (nSPS) is 18.5. The fourth-order valence-electron chi connectivity index (χ4n) is 1.93. The molecule has 0 radical (unpaired) electrons. The van der Waals surface area contributed by atoms with Crippen LogP contribution in [0.15, 0.2) is 29.0 Å². The number of aliphatic hydroxyl groups excluding tert-OH is 1. The molecule has 1 aliphatic rings. The SMILES string of the molecule is CC(C)(C)OC(O)N1CC=C(c2cncc(Br)c2)C1. The molecule has 104 valence electrons. The minimum absolute atomic E-state index is 0.362. The highest BCUT2D eigenvalue weighted by atomic mass is 79.9. The average Bonchev–Trinajstić information content (AvgIpc) is 2.75. The largest absolute Gasteiger partial charge is 0.356 e. The van der Waals surface area contributed by atoms with Gasteiger partial charge in [0.1, 0.15) is 0 Å². The number of hydrogen-bond donors (Lipinski definition) is 1. The van der Waals surface area contributed by atoms with Crippen LogP contribution in [0.25, 0.3) is 5.57 Å². The molecule has 0 saturated carbocycles. The van der Waals surface area contributed by atoms with Crippen molar-refractivity contribution in [3.8, 4) is 0 Å². The first-order valence-corrected chi connectivity index (χ1v) is 7.04. The number of halogens is 1. The van der Waals surface area contributed by atoms with Crippen LogP contribution in [0.3, 0.4) is 0 Å². The van der Waals surface area contributed by atoms with E-state index in [0.717, 1.165) is 15.6 Å². The number of pyridine rings is 1. The molecule has 1 N–H and O–H groups in total. The monoisotopic (exact) mass is 326 g/mol. The molecule has 4 nitrogen and oxygen atoms in total. The molecule has 0 bridgehead atoms. The van der Waals surface area contributed by atoms with Crippen molar-refractivity contribution >= 4 is 21.5 Å². The Bertz CT molecular complexity index is 483. The molecule has 1 aromatic rings. The molecule has 19 heavy (non-hydrogen) atoms.